The van der Waals surface area contributed by atoms with Crippen LogP contribution >= 0.6 is 0 Å². The van der Waals surface area contributed by atoms with Crippen LogP contribution in [0.3, 0.4) is 0 Å². The normalized spacial score (nSPS) is 11.0. The number of benzene rings is 2. The van der Waals surface area contributed by atoms with Crippen LogP contribution in [0, 0.1) is 10.1 Å². The standard InChI is InChI=1S/C22H31N3O4/c1-4-6-13-24(14-7-5-2)15-12-23-22(26)19-16-20(25(27)28)17-10-8-9-11-18(17)21(19)29-3/h8-11,16H,4-7,12-15H2,1-3H3,(H,23,26). The molecule has 1 N–H and O–H groups in total. The Kier molecular flexibility index (Phi) is 8.86. The fourth-order valence-electron chi connectivity index (χ4n) is 3.39. The maximum Gasteiger partial charge on any atom is 0.278 e. The zero-order chi connectivity index (χ0) is 21.2. The second-order valence-electron chi connectivity index (χ2n) is 7.08. The second-order valence-corrected chi connectivity index (χ2v) is 7.08. The highest BCUT2D eigenvalue weighted by Crippen LogP contribution is 2.36. The number of ether oxygens (including phenoxy) is 1. The number of hydrogen-bond acceptors (Lipinski definition) is 5. The van der Waals surface area contributed by atoms with Crippen molar-refractivity contribution in [3.8, 4) is 5.75 Å². The molecule has 0 spiro atoms. The van der Waals surface area contributed by atoms with Crippen LogP contribution in [0.1, 0.15) is 49.9 Å². The number of nitro benzene ring substituents is 1. The Bertz CT molecular complexity index is 830. The molecule has 0 saturated heterocycles. The summed E-state index contributed by atoms with van der Waals surface area (Å²) in [7, 11) is 1.47. The van der Waals surface area contributed by atoms with Gasteiger partial charge in [0.2, 0.25) is 0 Å². The van der Waals surface area contributed by atoms with E-state index in [-0.39, 0.29) is 17.2 Å². The fourth-order valence-corrected chi connectivity index (χ4v) is 3.39. The van der Waals surface area contributed by atoms with Crippen LogP contribution in [-0.4, -0.2) is 49.0 Å². The average Bonchev–Trinajstić information content (AvgIpc) is 2.73. The van der Waals surface area contributed by atoms with Gasteiger partial charge in [0, 0.05) is 24.5 Å². The van der Waals surface area contributed by atoms with Crippen LogP contribution in [-0.2, 0) is 0 Å². The van der Waals surface area contributed by atoms with Crippen molar-refractivity contribution >= 4 is 22.4 Å². The zero-order valence-electron chi connectivity index (χ0n) is 17.6. The van der Waals surface area contributed by atoms with E-state index in [0.29, 0.717) is 23.1 Å². The van der Waals surface area contributed by atoms with E-state index in [4.69, 9.17) is 4.74 Å². The third-order valence-electron chi connectivity index (χ3n) is 4.99. The minimum absolute atomic E-state index is 0.0981. The summed E-state index contributed by atoms with van der Waals surface area (Å²) in [5, 5.41) is 15.4. The van der Waals surface area contributed by atoms with Crippen molar-refractivity contribution in [3.63, 3.8) is 0 Å². The number of fused-ring (bicyclic) bond motifs is 1. The van der Waals surface area contributed by atoms with Crippen molar-refractivity contribution in [1.29, 1.82) is 0 Å². The highest BCUT2D eigenvalue weighted by Gasteiger charge is 2.23. The van der Waals surface area contributed by atoms with Crippen LogP contribution in [0.25, 0.3) is 10.8 Å². The van der Waals surface area contributed by atoms with E-state index in [0.717, 1.165) is 45.3 Å². The molecule has 7 heteroatoms. The molecule has 0 heterocycles. The van der Waals surface area contributed by atoms with E-state index in [1.54, 1.807) is 24.3 Å². The summed E-state index contributed by atoms with van der Waals surface area (Å²) in [6.07, 6.45) is 4.52. The Morgan fingerprint density at radius 2 is 1.72 bits per heavy atom. The summed E-state index contributed by atoms with van der Waals surface area (Å²) in [4.78, 5) is 26.2. The first-order valence-electron chi connectivity index (χ1n) is 10.3. The number of non-ortho nitro benzene ring substituents is 1. The molecule has 0 saturated carbocycles. The molecule has 0 fully saturated rings. The van der Waals surface area contributed by atoms with Gasteiger partial charge >= 0.3 is 0 Å². The van der Waals surface area contributed by atoms with Crippen LogP contribution in [0.15, 0.2) is 30.3 Å². The van der Waals surface area contributed by atoms with Crippen molar-refractivity contribution < 1.29 is 14.5 Å². The molecular weight excluding hydrogens is 370 g/mol. The minimum Gasteiger partial charge on any atom is -0.495 e. The van der Waals surface area contributed by atoms with Crippen LogP contribution < -0.4 is 10.1 Å². The Balaban J connectivity index is 2.18. The number of carbonyl (C=O) groups excluding carboxylic acids is 1. The number of unbranched alkanes of at least 4 members (excludes halogenated alkanes) is 2. The van der Waals surface area contributed by atoms with Gasteiger partial charge in [0.15, 0.2) is 0 Å². The Morgan fingerprint density at radius 1 is 1.10 bits per heavy atom. The predicted molar refractivity (Wildman–Crippen MR) is 116 cm³/mol. The number of hydrogen-bond donors (Lipinski definition) is 1. The molecule has 2 aromatic carbocycles. The van der Waals surface area contributed by atoms with Crippen molar-refractivity contribution in [2.75, 3.05) is 33.3 Å². The van der Waals surface area contributed by atoms with Gasteiger partial charge in [-0.05, 0) is 32.0 Å². The molecule has 2 aromatic rings. The Hall–Kier alpha value is -2.67. The van der Waals surface area contributed by atoms with Crippen LogP contribution in [0.5, 0.6) is 5.75 Å². The van der Waals surface area contributed by atoms with E-state index < -0.39 is 4.92 Å². The number of nitrogens with one attached hydrogen (secondary N) is 1. The largest absolute Gasteiger partial charge is 0.495 e. The molecule has 0 aliphatic carbocycles. The maximum atomic E-state index is 12.8. The third kappa shape index (κ3) is 5.90. The average molecular weight is 402 g/mol. The number of rotatable bonds is 12. The highest BCUT2D eigenvalue weighted by molar-refractivity contribution is 6.07. The lowest BCUT2D eigenvalue weighted by molar-refractivity contribution is -0.383. The monoisotopic (exact) mass is 401 g/mol. The van der Waals surface area contributed by atoms with Gasteiger partial charge in [-0.2, -0.15) is 0 Å². The molecule has 0 unspecified atom stereocenters. The number of carbonyl (C=O) groups is 1. The molecule has 0 radical (unpaired) electrons. The summed E-state index contributed by atoms with van der Waals surface area (Å²) in [5.74, 6) is -0.000779. The van der Waals surface area contributed by atoms with Gasteiger partial charge in [0.1, 0.15) is 5.75 Å². The van der Waals surface area contributed by atoms with E-state index in [9.17, 15) is 14.9 Å². The first-order valence-corrected chi connectivity index (χ1v) is 10.3. The molecular formula is C22H31N3O4. The molecule has 0 aliphatic rings. The van der Waals surface area contributed by atoms with Gasteiger partial charge in [-0.25, -0.2) is 0 Å². The lowest BCUT2D eigenvalue weighted by Gasteiger charge is -2.22. The summed E-state index contributed by atoms with van der Waals surface area (Å²) >= 11 is 0. The topological polar surface area (TPSA) is 84.7 Å². The second kappa shape index (κ2) is 11.4. The first-order chi connectivity index (χ1) is 14.0. The van der Waals surface area contributed by atoms with Gasteiger partial charge in [0.05, 0.1) is 23.0 Å². The summed E-state index contributed by atoms with van der Waals surface area (Å²) in [6, 6.07) is 8.21. The summed E-state index contributed by atoms with van der Waals surface area (Å²) in [6.45, 7) is 7.59. The molecule has 158 valence electrons. The lowest BCUT2D eigenvalue weighted by Crippen LogP contribution is -2.36. The molecule has 0 bridgehead atoms. The fraction of sp³-hybridized carbons (Fsp3) is 0.500. The summed E-state index contributed by atoms with van der Waals surface area (Å²) < 4.78 is 5.45. The van der Waals surface area contributed by atoms with Crippen molar-refractivity contribution in [2.24, 2.45) is 0 Å². The molecule has 1 amide bonds. The molecule has 7 nitrogen and oxygen atoms in total. The van der Waals surface area contributed by atoms with E-state index in [2.05, 4.69) is 24.1 Å². The van der Waals surface area contributed by atoms with E-state index in [1.807, 2.05) is 0 Å². The van der Waals surface area contributed by atoms with Crippen LogP contribution in [0.2, 0.25) is 0 Å². The first kappa shape index (κ1) is 22.6. The van der Waals surface area contributed by atoms with Gasteiger partial charge < -0.3 is 15.0 Å². The molecule has 0 atom stereocenters. The number of nitro groups is 1. The zero-order valence-corrected chi connectivity index (χ0v) is 17.6. The van der Waals surface area contributed by atoms with Gasteiger partial charge in [-0.3, -0.25) is 14.9 Å². The summed E-state index contributed by atoms with van der Waals surface area (Å²) in [5.41, 5.74) is 0.0886. The van der Waals surface area contributed by atoms with E-state index in [1.165, 1.54) is 13.2 Å². The van der Waals surface area contributed by atoms with Crippen molar-refractivity contribution in [2.45, 2.75) is 39.5 Å². The quantitative estimate of drug-likeness (QED) is 0.421. The van der Waals surface area contributed by atoms with E-state index >= 15 is 0 Å². The molecule has 0 aromatic heterocycles. The highest BCUT2D eigenvalue weighted by atomic mass is 16.6. The lowest BCUT2D eigenvalue weighted by atomic mass is 10.0. The van der Waals surface area contributed by atoms with Gasteiger partial charge in [-0.1, -0.05) is 44.9 Å². The SMILES string of the molecule is CCCCN(CCCC)CCNC(=O)c1cc([N+](=O)[O-])c2ccccc2c1OC. The smallest absolute Gasteiger partial charge is 0.278 e. The minimum atomic E-state index is -0.463. The molecule has 0 aliphatic heterocycles. The van der Waals surface area contributed by atoms with Crippen molar-refractivity contribution in [3.05, 3.63) is 46.0 Å². The predicted octanol–water partition coefficient (Wildman–Crippen LogP) is 4.39. The Morgan fingerprint density at radius 3 is 2.28 bits per heavy atom. The molecule has 2 rings (SSSR count). The third-order valence-corrected chi connectivity index (χ3v) is 4.99. The number of amides is 1. The van der Waals surface area contributed by atoms with Crippen LogP contribution in [0.4, 0.5) is 5.69 Å². The number of nitrogens with zero attached hydrogens (tertiary/aromatic N) is 2. The van der Waals surface area contributed by atoms with Gasteiger partial charge in [-0.15, -0.1) is 0 Å². The van der Waals surface area contributed by atoms with Crippen molar-refractivity contribution in [1.82, 2.24) is 10.2 Å². The maximum absolute atomic E-state index is 12.8. The number of methoxy groups -OCH3 is 1. The molecule has 29 heavy (non-hydrogen) atoms. The Labute approximate surface area is 172 Å². The van der Waals surface area contributed by atoms with Gasteiger partial charge in [0.25, 0.3) is 11.6 Å².